The second-order valence-corrected chi connectivity index (χ2v) is 7.79. The summed E-state index contributed by atoms with van der Waals surface area (Å²) in [6.45, 7) is 4.51. The first-order valence-corrected chi connectivity index (χ1v) is 9.64. The molecule has 0 radical (unpaired) electrons. The Balaban J connectivity index is 1.49. The van der Waals surface area contributed by atoms with Crippen molar-refractivity contribution in [3.63, 3.8) is 0 Å². The average Bonchev–Trinajstić information content (AvgIpc) is 2.84. The Hall–Kier alpha value is -1.63. The van der Waals surface area contributed by atoms with Gasteiger partial charge in [-0.3, -0.25) is 14.5 Å². The number of carbonyl (C=O) groups excluding carboxylic acids is 3. The molecule has 3 fully saturated rings. The molecule has 7 nitrogen and oxygen atoms in total. The molecule has 0 bridgehead atoms. The third-order valence-electron chi connectivity index (χ3n) is 6.08. The van der Waals surface area contributed by atoms with E-state index in [9.17, 15) is 14.4 Å². The first-order valence-electron chi connectivity index (χ1n) is 9.64. The molecule has 3 unspecified atom stereocenters. The van der Waals surface area contributed by atoms with Crippen molar-refractivity contribution in [2.24, 2.45) is 11.8 Å². The van der Waals surface area contributed by atoms with Crippen molar-refractivity contribution in [2.75, 3.05) is 26.2 Å². The molecule has 2 aliphatic heterocycles. The zero-order valence-electron chi connectivity index (χ0n) is 15.1. The number of amides is 4. The SMILES string of the molecule is CC1CCCCC12NC(=O)N(CC(=O)NCCC1CCCNC1)C2=O. The first kappa shape index (κ1) is 18.2. The number of nitrogens with zero attached hydrogens (tertiary/aromatic N) is 1. The molecule has 1 spiro atoms. The van der Waals surface area contributed by atoms with Crippen molar-refractivity contribution >= 4 is 17.8 Å². The highest BCUT2D eigenvalue weighted by Gasteiger charge is 2.55. The number of carbonyl (C=O) groups is 3. The third-order valence-corrected chi connectivity index (χ3v) is 6.08. The molecule has 1 aliphatic carbocycles. The first-order chi connectivity index (χ1) is 12.0. The van der Waals surface area contributed by atoms with Crippen LogP contribution in [0.1, 0.15) is 51.9 Å². The van der Waals surface area contributed by atoms with E-state index in [4.69, 9.17) is 0 Å². The minimum atomic E-state index is -0.788. The molecule has 4 amide bonds. The summed E-state index contributed by atoms with van der Waals surface area (Å²) in [6, 6.07) is -0.426. The minimum absolute atomic E-state index is 0.115. The molecular formula is C18H30N4O3. The van der Waals surface area contributed by atoms with Gasteiger partial charge in [-0.25, -0.2) is 4.79 Å². The van der Waals surface area contributed by atoms with Crippen molar-refractivity contribution in [1.29, 1.82) is 0 Å². The van der Waals surface area contributed by atoms with Crippen LogP contribution in [0.2, 0.25) is 0 Å². The summed E-state index contributed by atoms with van der Waals surface area (Å²) >= 11 is 0. The molecule has 3 N–H and O–H groups in total. The number of hydrogen-bond donors (Lipinski definition) is 3. The molecule has 0 aromatic rings. The predicted molar refractivity (Wildman–Crippen MR) is 93.8 cm³/mol. The predicted octanol–water partition coefficient (Wildman–Crippen LogP) is 0.993. The van der Waals surface area contributed by atoms with Crippen molar-refractivity contribution in [3.8, 4) is 0 Å². The van der Waals surface area contributed by atoms with Crippen LogP contribution in [0.4, 0.5) is 4.79 Å². The molecule has 0 aromatic carbocycles. The molecule has 3 atom stereocenters. The van der Waals surface area contributed by atoms with Crippen molar-refractivity contribution in [3.05, 3.63) is 0 Å². The highest BCUT2D eigenvalue weighted by Crippen LogP contribution is 2.38. The van der Waals surface area contributed by atoms with Crippen LogP contribution >= 0.6 is 0 Å². The lowest BCUT2D eigenvalue weighted by atomic mass is 9.73. The van der Waals surface area contributed by atoms with Crippen molar-refractivity contribution in [1.82, 2.24) is 20.9 Å². The zero-order chi connectivity index (χ0) is 17.9. The van der Waals surface area contributed by atoms with Crippen LogP contribution in [-0.4, -0.2) is 54.5 Å². The smallest absolute Gasteiger partial charge is 0.325 e. The van der Waals surface area contributed by atoms with Crippen LogP contribution in [0.15, 0.2) is 0 Å². The number of nitrogens with one attached hydrogen (secondary N) is 3. The van der Waals surface area contributed by atoms with E-state index < -0.39 is 11.6 Å². The summed E-state index contributed by atoms with van der Waals surface area (Å²) in [5.74, 6) is 0.228. The van der Waals surface area contributed by atoms with E-state index in [0.717, 1.165) is 43.7 Å². The molecule has 140 valence electrons. The number of imide groups is 1. The zero-order valence-corrected chi connectivity index (χ0v) is 15.1. The lowest BCUT2D eigenvalue weighted by Gasteiger charge is -2.36. The number of hydrogen-bond acceptors (Lipinski definition) is 4. The Morgan fingerprint density at radius 2 is 2.12 bits per heavy atom. The van der Waals surface area contributed by atoms with Crippen LogP contribution in [0, 0.1) is 11.8 Å². The maximum atomic E-state index is 12.8. The van der Waals surface area contributed by atoms with Gasteiger partial charge in [0.05, 0.1) is 0 Å². The molecule has 0 aromatic heterocycles. The van der Waals surface area contributed by atoms with Gasteiger partial charge < -0.3 is 16.0 Å². The van der Waals surface area contributed by atoms with Gasteiger partial charge in [-0.15, -0.1) is 0 Å². The average molecular weight is 350 g/mol. The summed E-state index contributed by atoms with van der Waals surface area (Å²) in [6.07, 6.45) is 6.93. The summed E-state index contributed by atoms with van der Waals surface area (Å²) in [5.41, 5.74) is -0.788. The Bertz CT molecular complexity index is 532. The van der Waals surface area contributed by atoms with Gasteiger partial charge in [-0.1, -0.05) is 19.8 Å². The van der Waals surface area contributed by atoms with Gasteiger partial charge in [0.1, 0.15) is 12.1 Å². The maximum absolute atomic E-state index is 12.8. The van der Waals surface area contributed by atoms with E-state index >= 15 is 0 Å². The van der Waals surface area contributed by atoms with Crippen molar-refractivity contribution in [2.45, 2.75) is 57.4 Å². The third kappa shape index (κ3) is 3.81. The number of urea groups is 1. The highest BCUT2D eigenvalue weighted by atomic mass is 16.2. The van der Waals surface area contributed by atoms with Crippen LogP contribution in [0.5, 0.6) is 0 Å². The fourth-order valence-corrected chi connectivity index (χ4v) is 4.42. The van der Waals surface area contributed by atoms with E-state index in [1.165, 1.54) is 12.8 Å². The van der Waals surface area contributed by atoms with Crippen LogP contribution in [-0.2, 0) is 9.59 Å². The second-order valence-electron chi connectivity index (χ2n) is 7.79. The highest BCUT2D eigenvalue weighted by molar-refractivity contribution is 6.09. The summed E-state index contributed by atoms with van der Waals surface area (Å²) in [7, 11) is 0. The fraction of sp³-hybridized carbons (Fsp3) is 0.833. The van der Waals surface area contributed by atoms with E-state index in [0.29, 0.717) is 18.9 Å². The molecule has 1 saturated carbocycles. The van der Waals surface area contributed by atoms with Gasteiger partial charge >= 0.3 is 6.03 Å². The number of piperidine rings is 1. The molecule has 3 rings (SSSR count). The normalized spacial score (nSPS) is 32.8. The van der Waals surface area contributed by atoms with Crippen LogP contribution in [0.3, 0.4) is 0 Å². The monoisotopic (exact) mass is 350 g/mol. The van der Waals surface area contributed by atoms with Crippen LogP contribution < -0.4 is 16.0 Å². The van der Waals surface area contributed by atoms with Gasteiger partial charge in [0.2, 0.25) is 5.91 Å². The largest absolute Gasteiger partial charge is 0.355 e. The standard InChI is InChI=1S/C18H30N4O3/c1-13-5-2-3-8-18(13)16(24)22(17(25)21-18)12-15(23)20-10-7-14-6-4-9-19-11-14/h13-14,19H,2-12H2,1H3,(H,20,23)(H,21,25). The van der Waals surface area contributed by atoms with Crippen LogP contribution in [0.25, 0.3) is 0 Å². The Labute approximate surface area is 149 Å². The van der Waals surface area contributed by atoms with Gasteiger partial charge in [0, 0.05) is 6.54 Å². The summed E-state index contributed by atoms with van der Waals surface area (Å²) in [5, 5.41) is 9.10. The summed E-state index contributed by atoms with van der Waals surface area (Å²) < 4.78 is 0. The summed E-state index contributed by atoms with van der Waals surface area (Å²) in [4.78, 5) is 38.4. The van der Waals surface area contributed by atoms with E-state index in [2.05, 4.69) is 16.0 Å². The van der Waals surface area contributed by atoms with Gasteiger partial charge in [0.25, 0.3) is 5.91 Å². The maximum Gasteiger partial charge on any atom is 0.325 e. The van der Waals surface area contributed by atoms with E-state index in [1.807, 2.05) is 6.92 Å². The van der Waals surface area contributed by atoms with E-state index in [-0.39, 0.29) is 24.3 Å². The topological polar surface area (TPSA) is 90.5 Å². The van der Waals surface area contributed by atoms with Crippen molar-refractivity contribution < 1.29 is 14.4 Å². The van der Waals surface area contributed by atoms with Gasteiger partial charge in [0.15, 0.2) is 0 Å². The van der Waals surface area contributed by atoms with E-state index in [1.54, 1.807) is 0 Å². The lowest BCUT2D eigenvalue weighted by molar-refractivity contribution is -0.137. The quantitative estimate of drug-likeness (QED) is 0.645. The molecular weight excluding hydrogens is 320 g/mol. The number of rotatable bonds is 5. The molecule has 25 heavy (non-hydrogen) atoms. The Kier molecular flexibility index (Phi) is 5.61. The molecule has 2 saturated heterocycles. The van der Waals surface area contributed by atoms with Gasteiger partial charge in [-0.2, -0.15) is 0 Å². The minimum Gasteiger partial charge on any atom is -0.355 e. The fourth-order valence-electron chi connectivity index (χ4n) is 4.42. The second kappa shape index (κ2) is 7.72. The molecule has 3 aliphatic rings. The molecule has 7 heteroatoms. The molecule has 2 heterocycles. The van der Waals surface area contributed by atoms with Gasteiger partial charge in [-0.05, 0) is 57.0 Å². The Morgan fingerprint density at radius 1 is 1.28 bits per heavy atom. The Morgan fingerprint density at radius 3 is 2.84 bits per heavy atom. The lowest BCUT2D eigenvalue weighted by Crippen LogP contribution is -2.54.